The number of fused-ring (bicyclic) bond motifs is 1. The van der Waals surface area contributed by atoms with Gasteiger partial charge in [-0.15, -0.1) is 11.3 Å². The number of aromatic nitrogens is 3. The zero-order valence-electron chi connectivity index (χ0n) is 18.5. The van der Waals surface area contributed by atoms with Gasteiger partial charge in [0.05, 0.1) is 21.1 Å². The lowest BCUT2D eigenvalue weighted by Gasteiger charge is -2.23. The van der Waals surface area contributed by atoms with E-state index in [4.69, 9.17) is 0 Å². The maximum atomic E-state index is 13.0. The summed E-state index contributed by atoms with van der Waals surface area (Å²) in [6.45, 7) is 2.99. The molecule has 0 bridgehead atoms. The number of thiazole rings is 1. The van der Waals surface area contributed by atoms with Crippen LogP contribution in [0, 0.1) is 5.92 Å². The van der Waals surface area contributed by atoms with Gasteiger partial charge in [0.25, 0.3) is 5.91 Å². The van der Waals surface area contributed by atoms with E-state index in [1.54, 1.807) is 6.07 Å². The lowest BCUT2D eigenvalue weighted by molar-refractivity contribution is -0.141. The zero-order valence-corrected chi connectivity index (χ0v) is 19.3. The summed E-state index contributed by atoms with van der Waals surface area (Å²) in [5.74, 6) is -0.570. The zero-order chi connectivity index (χ0) is 24.7. The molecule has 0 spiro atoms. The summed E-state index contributed by atoms with van der Waals surface area (Å²) in [5.41, 5.74) is -2.30. The normalized spacial score (nSPS) is 19.2. The van der Waals surface area contributed by atoms with E-state index in [0.717, 1.165) is 49.1 Å². The molecule has 1 fully saturated rings. The third kappa shape index (κ3) is 5.10. The van der Waals surface area contributed by atoms with Gasteiger partial charge in [-0.2, -0.15) is 13.2 Å². The molecule has 1 aliphatic carbocycles. The predicted molar refractivity (Wildman–Crippen MR) is 121 cm³/mol. The molecule has 4 rings (SSSR count). The standard InChI is InChI=1S/C23H23F3N4O3S/c1-22(2,33)18-15(28-20(32)14-4-3-5-17(27-14)23(24,25)26)10-16-19(29-18)30-21(34-16)13-8-6-12(11-31)7-9-13/h3-5,10-13,33H,6-9H2,1-2H3,(H,28,32). The van der Waals surface area contributed by atoms with Crippen LogP contribution in [0.2, 0.25) is 0 Å². The van der Waals surface area contributed by atoms with Crippen LogP contribution >= 0.6 is 11.3 Å². The molecular formula is C23H23F3N4O3S. The number of anilines is 1. The minimum Gasteiger partial charge on any atom is -0.384 e. The number of pyridine rings is 2. The van der Waals surface area contributed by atoms with Crippen LogP contribution in [0.25, 0.3) is 10.3 Å². The summed E-state index contributed by atoms with van der Waals surface area (Å²) in [7, 11) is 0. The quantitative estimate of drug-likeness (QED) is 0.483. The number of nitrogens with zero attached hydrogens (tertiary/aromatic N) is 3. The fourth-order valence-corrected chi connectivity index (χ4v) is 5.14. The van der Waals surface area contributed by atoms with Crippen LogP contribution in [-0.4, -0.2) is 32.3 Å². The maximum absolute atomic E-state index is 13.0. The Hall–Kier alpha value is -2.92. The largest absolute Gasteiger partial charge is 0.433 e. The van der Waals surface area contributed by atoms with E-state index in [2.05, 4.69) is 20.3 Å². The van der Waals surface area contributed by atoms with Gasteiger partial charge in [-0.25, -0.2) is 15.0 Å². The van der Waals surface area contributed by atoms with Crippen LogP contribution in [0.1, 0.15) is 72.3 Å². The molecule has 1 aliphatic rings. The fourth-order valence-electron chi connectivity index (χ4n) is 4.02. The number of aldehydes is 1. The Morgan fingerprint density at radius 3 is 2.47 bits per heavy atom. The van der Waals surface area contributed by atoms with Crippen LogP contribution in [0.4, 0.5) is 18.9 Å². The molecule has 1 saturated carbocycles. The van der Waals surface area contributed by atoms with Crippen LogP contribution in [-0.2, 0) is 16.6 Å². The molecule has 180 valence electrons. The number of aliphatic hydroxyl groups is 1. The van der Waals surface area contributed by atoms with Crippen LogP contribution < -0.4 is 5.32 Å². The second-order valence-electron chi connectivity index (χ2n) is 8.93. The third-order valence-electron chi connectivity index (χ3n) is 5.81. The monoisotopic (exact) mass is 492 g/mol. The van der Waals surface area contributed by atoms with E-state index in [1.807, 2.05) is 0 Å². The van der Waals surface area contributed by atoms with Crippen LogP contribution in [0.5, 0.6) is 0 Å². The highest BCUT2D eigenvalue weighted by Crippen LogP contribution is 2.40. The van der Waals surface area contributed by atoms with Gasteiger partial charge in [-0.05, 0) is 57.7 Å². The van der Waals surface area contributed by atoms with Gasteiger partial charge in [0.2, 0.25) is 0 Å². The molecule has 7 nitrogen and oxygen atoms in total. The van der Waals surface area contributed by atoms with Gasteiger partial charge in [0.15, 0.2) is 5.65 Å². The number of carbonyl (C=O) groups is 2. The van der Waals surface area contributed by atoms with Crippen molar-refractivity contribution in [3.63, 3.8) is 0 Å². The van der Waals surface area contributed by atoms with Crippen molar-refractivity contribution in [2.45, 2.75) is 57.2 Å². The van der Waals surface area contributed by atoms with E-state index >= 15 is 0 Å². The Labute approximate surface area is 197 Å². The van der Waals surface area contributed by atoms with Crippen molar-refractivity contribution in [2.24, 2.45) is 5.92 Å². The average molecular weight is 493 g/mol. The summed E-state index contributed by atoms with van der Waals surface area (Å²) >= 11 is 1.42. The topological polar surface area (TPSA) is 105 Å². The number of nitrogens with one attached hydrogen (secondary N) is 1. The van der Waals surface area contributed by atoms with E-state index in [9.17, 15) is 27.9 Å². The first-order chi connectivity index (χ1) is 16.0. The van der Waals surface area contributed by atoms with Crippen molar-refractivity contribution in [3.8, 4) is 0 Å². The first-order valence-electron chi connectivity index (χ1n) is 10.8. The minimum atomic E-state index is -4.68. The molecule has 34 heavy (non-hydrogen) atoms. The third-order valence-corrected chi connectivity index (χ3v) is 6.97. The molecule has 1 amide bonds. The van der Waals surface area contributed by atoms with Crippen LogP contribution in [0.3, 0.4) is 0 Å². The number of halogens is 3. The van der Waals surface area contributed by atoms with E-state index < -0.39 is 29.1 Å². The molecule has 3 aromatic rings. The highest BCUT2D eigenvalue weighted by molar-refractivity contribution is 7.18. The lowest BCUT2D eigenvalue weighted by atomic mass is 9.83. The van der Waals surface area contributed by atoms with Gasteiger partial charge < -0.3 is 15.2 Å². The van der Waals surface area contributed by atoms with Crippen molar-refractivity contribution < 1.29 is 27.9 Å². The molecule has 0 saturated heterocycles. The Morgan fingerprint density at radius 2 is 1.85 bits per heavy atom. The molecule has 0 radical (unpaired) electrons. The predicted octanol–water partition coefficient (Wildman–Crippen LogP) is 5.06. The molecule has 0 atom stereocenters. The number of carbonyl (C=O) groups excluding carboxylic acids is 2. The van der Waals surface area contributed by atoms with Gasteiger partial charge in [0, 0.05) is 11.8 Å². The second-order valence-corrected chi connectivity index (χ2v) is 9.99. The Kier molecular flexibility index (Phi) is 6.43. The summed E-state index contributed by atoms with van der Waals surface area (Å²) in [5, 5.41) is 14.1. The van der Waals surface area contributed by atoms with E-state index in [-0.39, 0.29) is 23.2 Å². The molecule has 11 heteroatoms. The number of amides is 1. The van der Waals surface area contributed by atoms with Crippen molar-refractivity contribution in [2.75, 3.05) is 5.32 Å². The number of hydrogen-bond acceptors (Lipinski definition) is 7. The first kappa shape index (κ1) is 24.2. The number of alkyl halides is 3. The Bertz CT molecular complexity index is 1230. The summed E-state index contributed by atoms with van der Waals surface area (Å²) < 4.78 is 39.6. The van der Waals surface area contributed by atoms with Gasteiger partial charge in [0.1, 0.15) is 23.3 Å². The minimum absolute atomic E-state index is 0.0804. The summed E-state index contributed by atoms with van der Waals surface area (Å²) in [4.78, 5) is 36.3. The van der Waals surface area contributed by atoms with Crippen molar-refractivity contribution in [3.05, 3.63) is 46.4 Å². The highest BCUT2D eigenvalue weighted by Gasteiger charge is 2.33. The second kappa shape index (κ2) is 9.03. The number of rotatable bonds is 5. The van der Waals surface area contributed by atoms with Gasteiger partial charge in [-0.3, -0.25) is 4.79 Å². The van der Waals surface area contributed by atoms with Crippen molar-refractivity contribution >= 4 is 39.6 Å². The van der Waals surface area contributed by atoms with Gasteiger partial charge >= 0.3 is 6.18 Å². The Morgan fingerprint density at radius 1 is 1.15 bits per heavy atom. The molecule has 3 aromatic heterocycles. The molecular weight excluding hydrogens is 469 g/mol. The summed E-state index contributed by atoms with van der Waals surface area (Å²) in [6, 6.07) is 4.70. The summed E-state index contributed by atoms with van der Waals surface area (Å²) in [6.07, 6.45) is -0.396. The molecule has 2 N–H and O–H groups in total. The van der Waals surface area contributed by atoms with E-state index in [0.29, 0.717) is 10.3 Å². The molecule has 0 unspecified atom stereocenters. The molecule has 0 aliphatic heterocycles. The highest BCUT2D eigenvalue weighted by atomic mass is 32.1. The maximum Gasteiger partial charge on any atom is 0.433 e. The average Bonchev–Trinajstić information content (AvgIpc) is 3.20. The van der Waals surface area contributed by atoms with Gasteiger partial charge in [-0.1, -0.05) is 6.07 Å². The van der Waals surface area contributed by atoms with E-state index in [1.165, 1.54) is 31.3 Å². The molecule has 0 aromatic carbocycles. The number of hydrogen-bond donors (Lipinski definition) is 2. The van der Waals surface area contributed by atoms with Crippen molar-refractivity contribution in [1.82, 2.24) is 15.0 Å². The molecule has 3 heterocycles. The van der Waals surface area contributed by atoms with Crippen LogP contribution in [0.15, 0.2) is 24.3 Å². The first-order valence-corrected chi connectivity index (χ1v) is 11.6. The Balaban J connectivity index is 1.66. The fraction of sp³-hybridized carbons (Fsp3) is 0.435. The smallest absolute Gasteiger partial charge is 0.384 e. The van der Waals surface area contributed by atoms with Crippen molar-refractivity contribution in [1.29, 1.82) is 0 Å². The SMILES string of the molecule is CC(C)(O)c1nc2nc(C3CCC(C=O)CC3)sc2cc1NC(=O)c1cccc(C(F)(F)F)n1. The lowest BCUT2D eigenvalue weighted by Crippen LogP contribution is -2.23.